The largest absolute Gasteiger partial charge is 0.464 e. The number of aryl methyl sites for hydroxylation is 2. The Labute approximate surface area is 129 Å². The van der Waals surface area contributed by atoms with E-state index in [1.54, 1.807) is 18.4 Å². The van der Waals surface area contributed by atoms with Gasteiger partial charge in [0.2, 0.25) is 0 Å². The third kappa shape index (κ3) is 4.60. The predicted molar refractivity (Wildman–Crippen MR) is 86.9 cm³/mol. The first-order chi connectivity index (χ1) is 10.1. The number of furan rings is 1. The maximum Gasteiger partial charge on any atom is 0.191 e. The Morgan fingerprint density at radius 3 is 2.81 bits per heavy atom. The third-order valence-corrected chi connectivity index (χ3v) is 4.04. The second kappa shape index (κ2) is 7.26. The molecule has 2 aromatic rings. The first-order valence-corrected chi connectivity index (χ1v) is 7.85. The van der Waals surface area contributed by atoms with E-state index < -0.39 is 0 Å². The average molecular weight is 306 g/mol. The monoisotopic (exact) mass is 306 g/mol. The molecule has 0 aliphatic heterocycles. The van der Waals surface area contributed by atoms with Crippen molar-refractivity contribution in [3.05, 3.63) is 39.7 Å². The maximum absolute atomic E-state index is 5.61. The smallest absolute Gasteiger partial charge is 0.191 e. The van der Waals surface area contributed by atoms with Crippen LogP contribution in [-0.4, -0.2) is 24.5 Å². The van der Waals surface area contributed by atoms with Crippen LogP contribution in [0.15, 0.2) is 27.7 Å². The predicted octanol–water partition coefficient (Wildman–Crippen LogP) is 2.82. The molecule has 0 spiro atoms. The molecular formula is C15H22N4OS. The number of thiazole rings is 1. The standard InChI is InChI=1S/C15H22N4OS/c1-10-5-6-13(20-10)12(3)19-15(16-4)17-8-7-14-18-9-11(2)21-14/h5-6,9,12H,7-8H2,1-4H3,(H2,16,17,19)/t12-/m0/s1. The lowest BCUT2D eigenvalue weighted by Crippen LogP contribution is -2.39. The molecule has 0 radical (unpaired) electrons. The van der Waals surface area contributed by atoms with Gasteiger partial charge in [0.05, 0.1) is 11.0 Å². The van der Waals surface area contributed by atoms with Crippen LogP contribution < -0.4 is 10.6 Å². The highest BCUT2D eigenvalue weighted by Gasteiger charge is 2.11. The van der Waals surface area contributed by atoms with Crippen LogP contribution in [0.1, 0.15) is 34.4 Å². The third-order valence-electron chi connectivity index (χ3n) is 3.07. The highest BCUT2D eigenvalue weighted by molar-refractivity contribution is 7.11. The molecule has 2 rings (SSSR count). The first-order valence-electron chi connectivity index (χ1n) is 7.03. The lowest BCUT2D eigenvalue weighted by molar-refractivity contribution is 0.441. The SMILES string of the molecule is CN=C(NCCc1ncc(C)s1)N[C@@H](C)c1ccc(C)o1. The highest BCUT2D eigenvalue weighted by atomic mass is 32.1. The normalized spacial score (nSPS) is 13.2. The zero-order valence-electron chi connectivity index (χ0n) is 12.9. The van der Waals surface area contributed by atoms with Crippen LogP contribution in [0.2, 0.25) is 0 Å². The topological polar surface area (TPSA) is 62.5 Å². The molecule has 0 aliphatic rings. The van der Waals surface area contributed by atoms with Crippen molar-refractivity contribution in [2.75, 3.05) is 13.6 Å². The Hall–Kier alpha value is -1.82. The van der Waals surface area contributed by atoms with E-state index >= 15 is 0 Å². The maximum atomic E-state index is 5.61. The molecule has 2 heterocycles. The van der Waals surface area contributed by atoms with E-state index in [0.717, 1.165) is 35.5 Å². The van der Waals surface area contributed by atoms with Gasteiger partial charge in [0.1, 0.15) is 11.5 Å². The number of aromatic nitrogens is 1. The van der Waals surface area contributed by atoms with Crippen molar-refractivity contribution in [2.45, 2.75) is 33.2 Å². The molecular weight excluding hydrogens is 284 g/mol. The van der Waals surface area contributed by atoms with Gasteiger partial charge >= 0.3 is 0 Å². The van der Waals surface area contributed by atoms with Crippen molar-refractivity contribution in [3.8, 4) is 0 Å². The van der Waals surface area contributed by atoms with Gasteiger partial charge in [-0.2, -0.15) is 0 Å². The molecule has 1 atom stereocenters. The van der Waals surface area contributed by atoms with Crippen molar-refractivity contribution in [2.24, 2.45) is 4.99 Å². The van der Waals surface area contributed by atoms with E-state index in [-0.39, 0.29) is 6.04 Å². The lowest BCUT2D eigenvalue weighted by Gasteiger charge is -2.16. The first kappa shape index (κ1) is 15.6. The number of nitrogens with zero attached hydrogens (tertiary/aromatic N) is 2. The summed E-state index contributed by atoms with van der Waals surface area (Å²) in [5.41, 5.74) is 0. The second-order valence-electron chi connectivity index (χ2n) is 4.93. The van der Waals surface area contributed by atoms with Crippen LogP contribution in [0.4, 0.5) is 0 Å². The summed E-state index contributed by atoms with van der Waals surface area (Å²) in [6, 6.07) is 4.03. The average Bonchev–Trinajstić information content (AvgIpc) is 3.06. The lowest BCUT2D eigenvalue weighted by atomic mass is 10.2. The van der Waals surface area contributed by atoms with Crippen molar-refractivity contribution >= 4 is 17.3 Å². The van der Waals surface area contributed by atoms with Gasteiger partial charge in [-0.1, -0.05) is 0 Å². The molecule has 21 heavy (non-hydrogen) atoms. The molecule has 6 heteroatoms. The second-order valence-corrected chi connectivity index (χ2v) is 6.25. The Kier molecular flexibility index (Phi) is 5.38. The fraction of sp³-hybridized carbons (Fsp3) is 0.467. The number of hydrogen-bond acceptors (Lipinski definition) is 4. The van der Waals surface area contributed by atoms with Crippen LogP contribution in [-0.2, 0) is 6.42 Å². The van der Waals surface area contributed by atoms with Crippen molar-refractivity contribution < 1.29 is 4.42 Å². The van der Waals surface area contributed by atoms with Crippen molar-refractivity contribution in [1.82, 2.24) is 15.6 Å². The van der Waals surface area contributed by atoms with Crippen molar-refractivity contribution in [3.63, 3.8) is 0 Å². The summed E-state index contributed by atoms with van der Waals surface area (Å²) in [4.78, 5) is 9.83. The number of aliphatic imine (C=N–C) groups is 1. The van der Waals surface area contributed by atoms with Gasteiger partial charge in [-0.05, 0) is 32.9 Å². The minimum Gasteiger partial charge on any atom is -0.464 e. The molecule has 0 unspecified atom stereocenters. The molecule has 0 aromatic carbocycles. The molecule has 5 nitrogen and oxygen atoms in total. The summed E-state index contributed by atoms with van der Waals surface area (Å²) in [7, 11) is 1.77. The van der Waals surface area contributed by atoms with Gasteiger partial charge in [-0.15, -0.1) is 11.3 Å². The summed E-state index contributed by atoms with van der Waals surface area (Å²) >= 11 is 1.73. The molecule has 0 fully saturated rings. The Morgan fingerprint density at radius 1 is 1.43 bits per heavy atom. The van der Waals surface area contributed by atoms with Crippen LogP contribution in [0.3, 0.4) is 0 Å². The number of nitrogens with one attached hydrogen (secondary N) is 2. The fourth-order valence-corrected chi connectivity index (χ4v) is 2.75. The quantitative estimate of drug-likeness (QED) is 0.658. The Morgan fingerprint density at radius 2 is 2.24 bits per heavy atom. The molecule has 0 saturated carbocycles. The van der Waals surface area contributed by atoms with Gasteiger partial charge in [-0.3, -0.25) is 4.99 Å². The summed E-state index contributed by atoms with van der Waals surface area (Å²) in [6.07, 6.45) is 2.81. The van der Waals surface area contributed by atoms with E-state index in [0.29, 0.717) is 0 Å². The van der Waals surface area contributed by atoms with Crippen molar-refractivity contribution in [1.29, 1.82) is 0 Å². The summed E-state index contributed by atoms with van der Waals surface area (Å²) in [6.45, 7) is 6.87. The Balaban J connectivity index is 1.80. The van der Waals surface area contributed by atoms with E-state index in [4.69, 9.17) is 4.42 Å². The van der Waals surface area contributed by atoms with Gasteiger partial charge in [0.25, 0.3) is 0 Å². The highest BCUT2D eigenvalue weighted by Crippen LogP contribution is 2.15. The molecule has 114 valence electrons. The molecule has 0 saturated heterocycles. The van der Waals surface area contributed by atoms with Crippen LogP contribution in [0.5, 0.6) is 0 Å². The molecule has 2 aromatic heterocycles. The molecule has 0 aliphatic carbocycles. The van der Waals surface area contributed by atoms with E-state index in [1.165, 1.54) is 4.88 Å². The summed E-state index contributed by atoms with van der Waals surface area (Å²) in [5.74, 6) is 2.59. The molecule has 0 bridgehead atoms. The van der Waals surface area contributed by atoms with Gasteiger partial charge in [0, 0.05) is 31.1 Å². The zero-order valence-corrected chi connectivity index (χ0v) is 13.8. The minimum atomic E-state index is 0.0759. The van der Waals surface area contributed by atoms with Gasteiger partial charge in [-0.25, -0.2) is 4.98 Å². The number of rotatable bonds is 5. The number of guanidine groups is 1. The van der Waals surface area contributed by atoms with E-state index in [1.807, 2.05) is 25.3 Å². The summed E-state index contributed by atoms with van der Waals surface area (Å²) in [5, 5.41) is 7.76. The minimum absolute atomic E-state index is 0.0759. The van der Waals surface area contributed by atoms with Gasteiger partial charge in [0.15, 0.2) is 5.96 Å². The Bertz CT molecular complexity index is 602. The number of hydrogen-bond donors (Lipinski definition) is 2. The van der Waals surface area contributed by atoms with E-state index in [9.17, 15) is 0 Å². The van der Waals surface area contributed by atoms with E-state index in [2.05, 4.69) is 34.5 Å². The van der Waals surface area contributed by atoms with Crippen LogP contribution >= 0.6 is 11.3 Å². The van der Waals surface area contributed by atoms with Crippen LogP contribution in [0.25, 0.3) is 0 Å². The molecule has 2 N–H and O–H groups in total. The summed E-state index contributed by atoms with van der Waals surface area (Å²) < 4.78 is 5.61. The van der Waals surface area contributed by atoms with Gasteiger partial charge < -0.3 is 15.1 Å². The zero-order chi connectivity index (χ0) is 15.2. The fourth-order valence-electron chi connectivity index (χ4n) is 1.96. The molecule has 0 amide bonds. The van der Waals surface area contributed by atoms with Crippen LogP contribution in [0, 0.1) is 13.8 Å².